The number of hydrogen-bond acceptors (Lipinski definition) is 3. The molecule has 1 aromatic carbocycles. The van der Waals surface area contributed by atoms with Gasteiger partial charge < -0.3 is 9.84 Å². The molecule has 0 aliphatic heterocycles. The molecule has 0 aliphatic rings. The van der Waals surface area contributed by atoms with Crippen molar-refractivity contribution in [3.05, 3.63) is 29.8 Å². The van der Waals surface area contributed by atoms with Gasteiger partial charge in [-0.2, -0.15) is 0 Å². The van der Waals surface area contributed by atoms with Crippen LogP contribution >= 0.6 is 0 Å². The monoisotopic (exact) mass is 222 g/mol. The van der Waals surface area contributed by atoms with Crippen molar-refractivity contribution in [2.45, 2.75) is 26.2 Å². The van der Waals surface area contributed by atoms with Crippen LogP contribution in [0.15, 0.2) is 24.3 Å². The third-order valence-corrected chi connectivity index (χ3v) is 2.33. The van der Waals surface area contributed by atoms with E-state index in [1.807, 2.05) is 12.1 Å². The number of carbonyl (C=O) groups excluding carboxylic acids is 1. The van der Waals surface area contributed by atoms with Crippen molar-refractivity contribution in [1.29, 1.82) is 0 Å². The van der Waals surface area contributed by atoms with Gasteiger partial charge in [-0.15, -0.1) is 0 Å². The average molecular weight is 222 g/mol. The third kappa shape index (κ3) is 4.45. The van der Waals surface area contributed by atoms with Gasteiger partial charge in [-0.3, -0.25) is 4.79 Å². The number of Topliss-reactive ketones (excluding diaryl/α,β-unsaturated/α-hetero) is 1. The Morgan fingerprint density at radius 3 is 2.44 bits per heavy atom. The Labute approximate surface area is 96.1 Å². The molecule has 1 N–H and O–H groups in total. The van der Waals surface area contributed by atoms with Crippen LogP contribution in [-0.2, 0) is 0 Å². The largest absolute Gasteiger partial charge is 0.494 e. The van der Waals surface area contributed by atoms with E-state index < -0.39 is 0 Å². The van der Waals surface area contributed by atoms with Gasteiger partial charge in [0.1, 0.15) is 5.75 Å². The van der Waals surface area contributed by atoms with E-state index in [1.54, 1.807) is 19.1 Å². The van der Waals surface area contributed by atoms with Crippen LogP contribution in [0.3, 0.4) is 0 Å². The number of unbranched alkanes of at least 4 members (excludes halogenated alkanes) is 2. The summed E-state index contributed by atoms with van der Waals surface area (Å²) in [5, 5.41) is 8.59. The summed E-state index contributed by atoms with van der Waals surface area (Å²) in [5.74, 6) is 0.850. The van der Waals surface area contributed by atoms with E-state index in [-0.39, 0.29) is 12.4 Å². The molecular weight excluding hydrogens is 204 g/mol. The predicted molar refractivity (Wildman–Crippen MR) is 62.9 cm³/mol. The summed E-state index contributed by atoms with van der Waals surface area (Å²) in [4.78, 5) is 11.0. The molecule has 0 unspecified atom stereocenters. The van der Waals surface area contributed by atoms with Crippen molar-refractivity contribution in [3.8, 4) is 5.75 Å². The van der Waals surface area contributed by atoms with Crippen LogP contribution in [0.2, 0.25) is 0 Å². The molecule has 0 fully saturated rings. The van der Waals surface area contributed by atoms with Crippen LogP contribution in [0.25, 0.3) is 0 Å². The Hall–Kier alpha value is -1.35. The molecule has 3 nitrogen and oxygen atoms in total. The fraction of sp³-hybridized carbons (Fsp3) is 0.462. The van der Waals surface area contributed by atoms with E-state index in [4.69, 9.17) is 9.84 Å². The highest BCUT2D eigenvalue weighted by molar-refractivity contribution is 5.94. The van der Waals surface area contributed by atoms with Gasteiger partial charge in [-0.25, -0.2) is 0 Å². The first kappa shape index (κ1) is 12.7. The fourth-order valence-corrected chi connectivity index (χ4v) is 1.37. The number of carbonyl (C=O) groups is 1. The Kier molecular flexibility index (Phi) is 5.57. The first-order chi connectivity index (χ1) is 7.74. The summed E-state index contributed by atoms with van der Waals surface area (Å²) in [6, 6.07) is 7.16. The molecule has 0 spiro atoms. The molecule has 16 heavy (non-hydrogen) atoms. The third-order valence-electron chi connectivity index (χ3n) is 2.33. The SMILES string of the molecule is CC(=O)c1ccc(OCCCCCO)cc1. The second kappa shape index (κ2) is 7.01. The molecule has 0 aliphatic carbocycles. The minimum Gasteiger partial charge on any atom is -0.494 e. The zero-order valence-electron chi connectivity index (χ0n) is 9.61. The first-order valence-corrected chi connectivity index (χ1v) is 5.58. The average Bonchev–Trinajstić information content (AvgIpc) is 2.29. The smallest absolute Gasteiger partial charge is 0.159 e. The van der Waals surface area contributed by atoms with Crippen molar-refractivity contribution in [3.63, 3.8) is 0 Å². The van der Waals surface area contributed by atoms with Gasteiger partial charge in [0, 0.05) is 12.2 Å². The highest BCUT2D eigenvalue weighted by atomic mass is 16.5. The van der Waals surface area contributed by atoms with Gasteiger partial charge in [0.2, 0.25) is 0 Å². The summed E-state index contributed by atoms with van der Waals surface area (Å²) in [6.07, 6.45) is 2.74. The zero-order chi connectivity index (χ0) is 11.8. The normalized spacial score (nSPS) is 10.1. The Morgan fingerprint density at radius 1 is 1.19 bits per heavy atom. The number of aliphatic hydroxyl groups excluding tert-OH is 1. The van der Waals surface area contributed by atoms with Crippen molar-refractivity contribution in [2.24, 2.45) is 0 Å². The second-order valence-corrected chi connectivity index (χ2v) is 3.71. The maximum Gasteiger partial charge on any atom is 0.159 e. The second-order valence-electron chi connectivity index (χ2n) is 3.71. The van der Waals surface area contributed by atoms with E-state index in [2.05, 4.69) is 0 Å². The lowest BCUT2D eigenvalue weighted by Crippen LogP contribution is -1.98. The molecule has 0 heterocycles. The molecule has 0 radical (unpaired) electrons. The standard InChI is InChI=1S/C13H18O3/c1-11(15)12-5-7-13(8-6-12)16-10-4-2-3-9-14/h5-8,14H,2-4,9-10H2,1H3. The number of rotatable bonds is 7. The number of ketones is 1. The first-order valence-electron chi connectivity index (χ1n) is 5.58. The van der Waals surface area contributed by atoms with Crippen LogP contribution < -0.4 is 4.74 Å². The van der Waals surface area contributed by atoms with E-state index in [1.165, 1.54) is 0 Å². The van der Waals surface area contributed by atoms with Gasteiger partial charge >= 0.3 is 0 Å². The van der Waals surface area contributed by atoms with E-state index >= 15 is 0 Å². The molecule has 0 amide bonds. The van der Waals surface area contributed by atoms with Crippen LogP contribution in [-0.4, -0.2) is 24.1 Å². The summed E-state index contributed by atoms with van der Waals surface area (Å²) in [5.41, 5.74) is 0.702. The summed E-state index contributed by atoms with van der Waals surface area (Å²) >= 11 is 0. The van der Waals surface area contributed by atoms with Crippen molar-refractivity contribution in [1.82, 2.24) is 0 Å². The zero-order valence-corrected chi connectivity index (χ0v) is 9.61. The molecule has 0 saturated heterocycles. The molecule has 0 atom stereocenters. The highest BCUT2D eigenvalue weighted by Crippen LogP contribution is 2.13. The molecule has 88 valence electrons. The van der Waals surface area contributed by atoms with Gasteiger partial charge in [-0.1, -0.05) is 0 Å². The molecule has 0 aromatic heterocycles. The summed E-state index contributed by atoms with van der Waals surface area (Å²) in [7, 11) is 0. The number of aliphatic hydroxyl groups is 1. The maximum atomic E-state index is 11.0. The number of hydrogen-bond donors (Lipinski definition) is 1. The lowest BCUT2D eigenvalue weighted by Gasteiger charge is -2.05. The minimum atomic E-state index is 0.0643. The Balaban J connectivity index is 2.29. The molecule has 1 aromatic rings. The molecule has 3 heteroatoms. The van der Waals surface area contributed by atoms with Crippen LogP contribution in [0.4, 0.5) is 0 Å². The minimum absolute atomic E-state index is 0.0643. The summed E-state index contributed by atoms with van der Waals surface area (Å²) in [6.45, 7) is 2.44. The van der Waals surface area contributed by atoms with Crippen molar-refractivity contribution >= 4 is 5.78 Å². The predicted octanol–water partition coefficient (Wildman–Crippen LogP) is 2.43. The molecule has 0 saturated carbocycles. The van der Waals surface area contributed by atoms with Crippen molar-refractivity contribution in [2.75, 3.05) is 13.2 Å². The Bertz CT molecular complexity index is 316. The van der Waals surface area contributed by atoms with Gasteiger partial charge in [0.05, 0.1) is 6.61 Å². The maximum absolute atomic E-state index is 11.0. The lowest BCUT2D eigenvalue weighted by atomic mass is 10.1. The fourth-order valence-electron chi connectivity index (χ4n) is 1.37. The molecule has 1 rings (SSSR count). The van der Waals surface area contributed by atoms with Crippen LogP contribution in [0.1, 0.15) is 36.5 Å². The van der Waals surface area contributed by atoms with Gasteiger partial charge in [0.25, 0.3) is 0 Å². The van der Waals surface area contributed by atoms with E-state index in [0.29, 0.717) is 12.2 Å². The number of ether oxygens (including phenoxy) is 1. The van der Waals surface area contributed by atoms with Crippen molar-refractivity contribution < 1.29 is 14.6 Å². The Morgan fingerprint density at radius 2 is 1.88 bits per heavy atom. The number of benzene rings is 1. The van der Waals surface area contributed by atoms with Crippen LogP contribution in [0, 0.1) is 0 Å². The van der Waals surface area contributed by atoms with Crippen LogP contribution in [0.5, 0.6) is 5.75 Å². The molecular formula is C13H18O3. The molecule has 0 bridgehead atoms. The quantitative estimate of drug-likeness (QED) is 0.569. The topological polar surface area (TPSA) is 46.5 Å². The highest BCUT2D eigenvalue weighted by Gasteiger charge is 1.99. The van der Waals surface area contributed by atoms with Gasteiger partial charge in [-0.05, 0) is 50.5 Å². The van der Waals surface area contributed by atoms with E-state index in [9.17, 15) is 4.79 Å². The summed E-state index contributed by atoms with van der Waals surface area (Å²) < 4.78 is 5.49. The lowest BCUT2D eigenvalue weighted by molar-refractivity contribution is 0.101. The van der Waals surface area contributed by atoms with E-state index in [0.717, 1.165) is 25.0 Å². The van der Waals surface area contributed by atoms with Gasteiger partial charge in [0.15, 0.2) is 5.78 Å².